The monoisotopic (exact) mass is 402 g/mol. The SMILES string of the molecule is Cc1nc2[nH]c(-c3ccccc3)cn2c(=O)c1/N=C(/Br)C(C)CCO. The summed E-state index contributed by atoms with van der Waals surface area (Å²) in [5.41, 5.74) is 2.42. The van der Waals surface area contributed by atoms with Gasteiger partial charge >= 0.3 is 0 Å². The molecule has 1 atom stereocenters. The molecule has 2 aromatic heterocycles. The number of aromatic amines is 1. The van der Waals surface area contributed by atoms with E-state index in [9.17, 15) is 4.79 Å². The summed E-state index contributed by atoms with van der Waals surface area (Å²) in [6.45, 7) is 3.77. The molecule has 130 valence electrons. The summed E-state index contributed by atoms with van der Waals surface area (Å²) in [7, 11) is 0. The number of aliphatic imine (C=N–C) groups is 1. The maximum absolute atomic E-state index is 12.8. The number of aliphatic hydroxyl groups excluding tert-OH is 1. The van der Waals surface area contributed by atoms with Crippen molar-refractivity contribution < 1.29 is 5.11 Å². The molecule has 0 amide bonds. The summed E-state index contributed by atoms with van der Waals surface area (Å²) >= 11 is 3.41. The molecule has 1 unspecified atom stereocenters. The molecule has 0 saturated carbocycles. The second kappa shape index (κ2) is 7.33. The van der Waals surface area contributed by atoms with Crippen LogP contribution < -0.4 is 5.56 Å². The van der Waals surface area contributed by atoms with E-state index in [2.05, 4.69) is 30.9 Å². The Morgan fingerprint density at radius 3 is 2.80 bits per heavy atom. The number of hydrogen-bond acceptors (Lipinski definition) is 4. The minimum Gasteiger partial charge on any atom is -0.396 e. The van der Waals surface area contributed by atoms with E-state index in [4.69, 9.17) is 5.11 Å². The fourth-order valence-corrected chi connectivity index (χ4v) is 2.95. The van der Waals surface area contributed by atoms with Crippen LogP contribution in [-0.4, -0.2) is 30.7 Å². The molecular formula is C18H19BrN4O2. The lowest BCUT2D eigenvalue weighted by molar-refractivity contribution is 0.278. The summed E-state index contributed by atoms with van der Waals surface area (Å²) in [4.78, 5) is 24.9. The van der Waals surface area contributed by atoms with Crippen LogP contribution in [-0.2, 0) is 0 Å². The zero-order chi connectivity index (χ0) is 18.0. The van der Waals surface area contributed by atoms with E-state index in [1.807, 2.05) is 37.3 Å². The Morgan fingerprint density at radius 1 is 1.40 bits per heavy atom. The van der Waals surface area contributed by atoms with Crippen LogP contribution in [0.5, 0.6) is 0 Å². The Bertz CT molecular complexity index is 976. The van der Waals surface area contributed by atoms with Crippen molar-refractivity contribution in [1.82, 2.24) is 14.4 Å². The Labute approximate surface area is 153 Å². The van der Waals surface area contributed by atoms with Gasteiger partial charge in [-0.05, 0) is 34.8 Å². The number of aliphatic hydroxyl groups is 1. The molecule has 0 radical (unpaired) electrons. The van der Waals surface area contributed by atoms with Gasteiger partial charge in [0.2, 0.25) is 5.78 Å². The van der Waals surface area contributed by atoms with E-state index >= 15 is 0 Å². The second-order valence-electron chi connectivity index (χ2n) is 5.93. The first-order valence-electron chi connectivity index (χ1n) is 8.03. The van der Waals surface area contributed by atoms with Crippen molar-refractivity contribution in [2.24, 2.45) is 10.9 Å². The van der Waals surface area contributed by atoms with Crippen LogP contribution in [0.15, 0.2) is 46.3 Å². The average molecular weight is 403 g/mol. The number of halogens is 1. The zero-order valence-electron chi connectivity index (χ0n) is 14.0. The summed E-state index contributed by atoms with van der Waals surface area (Å²) in [6.07, 6.45) is 2.31. The highest BCUT2D eigenvalue weighted by Gasteiger charge is 2.14. The molecule has 0 fully saturated rings. The van der Waals surface area contributed by atoms with Gasteiger partial charge in [-0.25, -0.2) is 14.4 Å². The van der Waals surface area contributed by atoms with Crippen LogP contribution >= 0.6 is 15.9 Å². The molecule has 3 aromatic rings. The quantitative estimate of drug-likeness (QED) is 0.641. The van der Waals surface area contributed by atoms with Crippen molar-refractivity contribution in [3.05, 3.63) is 52.6 Å². The largest absolute Gasteiger partial charge is 0.396 e. The molecule has 2 heterocycles. The minimum absolute atomic E-state index is 0.0237. The third-order valence-electron chi connectivity index (χ3n) is 4.04. The van der Waals surface area contributed by atoms with Gasteiger partial charge in [-0.1, -0.05) is 37.3 Å². The van der Waals surface area contributed by atoms with Gasteiger partial charge in [0.15, 0.2) is 5.69 Å². The third kappa shape index (κ3) is 3.57. The Balaban J connectivity index is 2.10. The fourth-order valence-electron chi connectivity index (χ4n) is 2.54. The van der Waals surface area contributed by atoms with Crippen LogP contribution in [0.25, 0.3) is 17.0 Å². The smallest absolute Gasteiger partial charge is 0.285 e. The van der Waals surface area contributed by atoms with Gasteiger partial charge in [-0.3, -0.25) is 4.79 Å². The van der Waals surface area contributed by atoms with Gasteiger partial charge in [0.25, 0.3) is 5.56 Å². The topological polar surface area (TPSA) is 82.8 Å². The van der Waals surface area contributed by atoms with Crippen LogP contribution in [0, 0.1) is 12.8 Å². The summed E-state index contributed by atoms with van der Waals surface area (Å²) in [5, 5.41) is 9.06. The average Bonchev–Trinajstić information content (AvgIpc) is 3.03. The number of imidazole rings is 1. The summed E-state index contributed by atoms with van der Waals surface area (Å²) < 4.78 is 2.10. The van der Waals surface area contributed by atoms with Crippen molar-refractivity contribution in [3.63, 3.8) is 0 Å². The van der Waals surface area contributed by atoms with Gasteiger partial charge in [0.05, 0.1) is 16.0 Å². The van der Waals surface area contributed by atoms with E-state index in [0.29, 0.717) is 28.2 Å². The van der Waals surface area contributed by atoms with Gasteiger partial charge in [-0.15, -0.1) is 0 Å². The third-order valence-corrected chi connectivity index (χ3v) is 5.00. The van der Waals surface area contributed by atoms with Gasteiger partial charge in [-0.2, -0.15) is 0 Å². The van der Waals surface area contributed by atoms with Crippen LogP contribution in [0.2, 0.25) is 0 Å². The molecule has 0 bridgehead atoms. The molecule has 0 aliphatic rings. The highest BCUT2D eigenvalue weighted by molar-refractivity contribution is 9.18. The van der Waals surface area contributed by atoms with E-state index in [0.717, 1.165) is 11.3 Å². The van der Waals surface area contributed by atoms with Gasteiger partial charge in [0, 0.05) is 18.7 Å². The van der Waals surface area contributed by atoms with Crippen molar-refractivity contribution in [3.8, 4) is 11.3 Å². The fraction of sp³-hybridized carbons (Fsp3) is 0.278. The number of nitrogens with zero attached hydrogens (tertiary/aromatic N) is 3. The van der Waals surface area contributed by atoms with E-state index < -0.39 is 0 Å². The highest BCUT2D eigenvalue weighted by atomic mass is 79.9. The molecule has 3 rings (SSSR count). The number of rotatable bonds is 5. The van der Waals surface area contributed by atoms with E-state index in [1.165, 1.54) is 4.40 Å². The van der Waals surface area contributed by atoms with Crippen molar-refractivity contribution in [1.29, 1.82) is 0 Å². The number of nitrogens with one attached hydrogen (secondary N) is 1. The Hall–Kier alpha value is -2.25. The molecule has 0 spiro atoms. The number of benzene rings is 1. The van der Waals surface area contributed by atoms with Crippen LogP contribution in [0.3, 0.4) is 0 Å². The number of fused-ring (bicyclic) bond motifs is 1. The van der Waals surface area contributed by atoms with Crippen molar-refractivity contribution >= 4 is 32.0 Å². The van der Waals surface area contributed by atoms with E-state index in [-0.39, 0.29) is 18.1 Å². The molecule has 2 N–H and O–H groups in total. The lowest BCUT2D eigenvalue weighted by Gasteiger charge is -2.08. The standard InChI is InChI=1S/C18H19BrN4O2/c1-11(8-9-24)16(19)22-15-12(2)20-18-21-14(10-23(18)17(15)25)13-6-4-3-5-7-13/h3-7,10-11,24H,8-9H2,1-2H3,(H,20,21)/b22-16+. The predicted octanol–water partition coefficient (Wildman–Crippen LogP) is 3.44. The number of hydrogen-bond donors (Lipinski definition) is 2. The maximum Gasteiger partial charge on any atom is 0.285 e. The van der Waals surface area contributed by atoms with E-state index in [1.54, 1.807) is 13.1 Å². The summed E-state index contributed by atoms with van der Waals surface area (Å²) in [5.74, 6) is 0.510. The molecule has 0 aliphatic carbocycles. The first-order chi connectivity index (χ1) is 12.0. The Morgan fingerprint density at radius 2 is 2.12 bits per heavy atom. The number of aromatic nitrogens is 3. The molecule has 6 nitrogen and oxygen atoms in total. The van der Waals surface area contributed by atoms with Gasteiger partial charge < -0.3 is 10.1 Å². The molecule has 25 heavy (non-hydrogen) atoms. The lowest BCUT2D eigenvalue weighted by atomic mass is 10.1. The maximum atomic E-state index is 12.8. The highest BCUT2D eigenvalue weighted by Crippen LogP contribution is 2.21. The Kier molecular flexibility index (Phi) is 5.15. The number of aryl methyl sites for hydroxylation is 1. The predicted molar refractivity (Wildman–Crippen MR) is 103 cm³/mol. The van der Waals surface area contributed by atoms with Crippen LogP contribution in [0.1, 0.15) is 19.0 Å². The molecule has 7 heteroatoms. The molecule has 0 aliphatic heterocycles. The first-order valence-corrected chi connectivity index (χ1v) is 8.83. The molecular weight excluding hydrogens is 384 g/mol. The van der Waals surface area contributed by atoms with Crippen molar-refractivity contribution in [2.45, 2.75) is 20.3 Å². The van der Waals surface area contributed by atoms with Crippen LogP contribution in [0.4, 0.5) is 5.69 Å². The van der Waals surface area contributed by atoms with Crippen molar-refractivity contribution in [2.75, 3.05) is 6.61 Å². The summed E-state index contributed by atoms with van der Waals surface area (Å²) in [6, 6.07) is 9.76. The minimum atomic E-state index is -0.228. The zero-order valence-corrected chi connectivity index (χ0v) is 15.6. The molecule has 0 saturated heterocycles. The molecule has 1 aromatic carbocycles. The van der Waals surface area contributed by atoms with Gasteiger partial charge in [0.1, 0.15) is 0 Å². The first kappa shape index (κ1) is 17.6. The normalized spacial score (nSPS) is 13.4. The second-order valence-corrected chi connectivity index (χ2v) is 6.74. The lowest BCUT2D eigenvalue weighted by Crippen LogP contribution is -2.15. The number of H-pyrrole nitrogens is 1.